The average molecular weight is 397 g/mol. The van der Waals surface area contributed by atoms with Crippen LogP contribution in [0.1, 0.15) is 68.3 Å². The van der Waals surface area contributed by atoms with Crippen molar-refractivity contribution in [1.29, 1.82) is 0 Å². The fourth-order valence-corrected chi connectivity index (χ4v) is 3.54. The molecule has 0 aliphatic heterocycles. The first-order chi connectivity index (χ1) is 13.7. The van der Waals surface area contributed by atoms with Gasteiger partial charge in [0.1, 0.15) is 5.75 Å². The molecule has 2 aromatic carbocycles. The van der Waals surface area contributed by atoms with E-state index in [2.05, 4.69) is 13.8 Å². The van der Waals surface area contributed by atoms with Crippen LogP contribution in [0.25, 0.3) is 6.08 Å². The highest BCUT2D eigenvalue weighted by Gasteiger charge is 2.02. The maximum absolute atomic E-state index is 12.3. The topological polar surface area (TPSA) is 26.3 Å². The van der Waals surface area contributed by atoms with E-state index < -0.39 is 0 Å². The van der Waals surface area contributed by atoms with E-state index in [1.807, 2.05) is 66.4 Å². The van der Waals surface area contributed by atoms with Crippen LogP contribution in [0.15, 0.2) is 59.5 Å². The van der Waals surface area contributed by atoms with Gasteiger partial charge in [-0.25, -0.2) is 0 Å². The largest absolute Gasteiger partial charge is 0.494 e. The van der Waals surface area contributed by atoms with E-state index >= 15 is 0 Å². The molecule has 0 bridgehead atoms. The van der Waals surface area contributed by atoms with Crippen molar-refractivity contribution in [3.05, 3.63) is 65.7 Å². The second-order valence-electron chi connectivity index (χ2n) is 6.90. The Labute approximate surface area is 174 Å². The minimum absolute atomic E-state index is 0.0273. The molecule has 0 aliphatic rings. The zero-order chi connectivity index (χ0) is 20.0. The Hall–Kier alpha value is -2.00. The maximum atomic E-state index is 12.3. The van der Waals surface area contributed by atoms with Crippen LogP contribution in [0, 0.1) is 0 Å². The number of rotatable bonds is 13. The summed E-state index contributed by atoms with van der Waals surface area (Å²) in [6.07, 6.45) is 10.8. The smallest absolute Gasteiger partial charge is 0.185 e. The van der Waals surface area contributed by atoms with Gasteiger partial charge in [-0.15, -0.1) is 11.8 Å². The fourth-order valence-electron chi connectivity index (χ4n) is 2.77. The van der Waals surface area contributed by atoms with Crippen molar-refractivity contribution in [2.24, 2.45) is 0 Å². The van der Waals surface area contributed by atoms with Gasteiger partial charge in [0.15, 0.2) is 5.78 Å². The van der Waals surface area contributed by atoms with Crippen LogP contribution in [-0.4, -0.2) is 18.1 Å². The van der Waals surface area contributed by atoms with Gasteiger partial charge >= 0.3 is 0 Å². The number of allylic oxidation sites excluding steroid dienone is 1. The molecule has 150 valence electrons. The van der Waals surface area contributed by atoms with Crippen LogP contribution in [0.5, 0.6) is 5.75 Å². The molecule has 0 N–H and O–H groups in total. The number of carbonyl (C=O) groups is 1. The number of hydrogen-bond acceptors (Lipinski definition) is 3. The van der Waals surface area contributed by atoms with Crippen molar-refractivity contribution in [2.45, 2.75) is 57.3 Å². The number of hydrogen-bond donors (Lipinski definition) is 0. The Balaban J connectivity index is 1.79. The number of carbonyl (C=O) groups excluding carboxylic acids is 1. The molecule has 0 saturated heterocycles. The van der Waals surface area contributed by atoms with Crippen molar-refractivity contribution in [3.63, 3.8) is 0 Å². The average Bonchev–Trinajstić information content (AvgIpc) is 2.74. The first-order valence-corrected chi connectivity index (χ1v) is 11.4. The minimum atomic E-state index is 0.0273. The standard InChI is InChI=1S/C25H32O2S/c1-3-5-6-7-8-19-27-23-14-9-21(10-15-23)11-18-25(26)22-12-16-24(17-13-22)28-20-4-2/h9-18H,3-8,19-20H2,1-2H3. The Bertz CT molecular complexity index is 717. The lowest BCUT2D eigenvalue weighted by atomic mass is 10.1. The molecule has 2 aromatic rings. The Morgan fingerprint density at radius 1 is 0.893 bits per heavy atom. The number of thioether (sulfide) groups is 1. The van der Waals surface area contributed by atoms with Gasteiger partial charge in [0.2, 0.25) is 0 Å². The van der Waals surface area contributed by atoms with Gasteiger partial charge < -0.3 is 4.74 Å². The third-order valence-electron chi connectivity index (χ3n) is 4.44. The molecule has 0 fully saturated rings. The Morgan fingerprint density at radius 3 is 2.29 bits per heavy atom. The number of ether oxygens (including phenoxy) is 1. The van der Waals surface area contributed by atoms with Crippen LogP contribution >= 0.6 is 11.8 Å². The van der Waals surface area contributed by atoms with Gasteiger partial charge in [-0.1, -0.05) is 57.7 Å². The van der Waals surface area contributed by atoms with E-state index in [9.17, 15) is 4.79 Å². The number of ketones is 1. The summed E-state index contributed by atoms with van der Waals surface area (Å²) in [6.45, 7) is 5.16. The van der Waals surface area contributed by atoms with Crippen molar-refractivity contribution in [3.8, 4) is 5.75 Å². The zero-order valence-corrected chi connectivity index (χ0v) is 18.0. The monoisotopic (exact) mass is 396 g/mol. The molecular weight excluding hydrogens is 364 g/mol. The van der Waals surface area contributed by atoms with Gasteiger partial charge in [0, 0.05) is 10.5 Å². The van der Waals surface area contributed by atoms with Crippen molar-refractivity contribution < 1.29 is 9.53 Å². The van der Waals surface area contributed by atoms with Crippen LogP contribution in [0.2, 0.25) is 0 Å². The van der Waals surface area contributed by atoms with Gasteiger partial charge in [0.25, 0.3) is 0 Å². The van der Waals surface area contributed by atoms with Crippen LogP contribution < -0.4 is 4.74 Å². The first kappa shape index (κ1) is 22.3. The molecule has 2 rings (SSSR count). The summed E-state index contributed by atoms with van der Waals surface area (Å²) in [6, 6.07) is 15.8. The summed E-state index contributed by atoms with van der Waals surface area (Å²) in [4.78, 5) is 13.6. The minimum Gasteiger partial charge on any atom is -0.494 e. The number of benzene rings is 2. The summed E-state index contributed by atoms with van der Waals surface area (Å²) < 4.78 is 5.78. The molecule has 0 unspecified atom stereocenters. The first-order valence-electron chi connectivity index (χ1n) is 10.4. The highest BCUT2D eigenvalue weighted by Crippen LogP contribution is 2.20. The summed E-state index contributed by atoms with van der Waals surface area (Å²) in [7, 11) is 0. The molecule has 0 aliphatic carbocycles. The molecule has 3 heteroatoms. The van der Waals surface area contributed by atoms with Crippen molar-refractivity contribution in [1.82, 2.24) is 0 Å². The quantitative estimate of drug-likeness (QED) is 0.152. The van der Waals surface area contributed by atoms with E-state index in [0.717, 1.165) is 42.1 Å². The van der Waals surface area contributed by atoms with Gasteiger partial charge in [-0.3, -0.25) is 4.79 Å². The van der Waals surface area contributed by atoms with E-state index in [1.165, 1.54) is 30.6 Å². The lowest BCUT2D eigenvalue weighted by molar-refractivity contribution is 0.104. The fraction of sp³-hybridized carbons (Fsp3) is 0.400. The third-order valence-corrected chi connectivity index (χ3v) is 5.65. The maximum Gasteiger partial charge on any atom is 0.185 e. The van der Waals surface area contributed by atoms with E-state index in [0.29, 0.717) is 0 Å². The van der Waals surface area contributed by atoms with Crippen LogP contribution in [0.4, 0.5) is 0 Å². The van der Waals surface area contributed by atoms with E-state index in [1.54, 1.807) is 6.08 Å². The second kappa shape index (κ2) is 13.2. The third kappa shape index (κ3) is 8.35. The predicted molar refractivity (Wildman–Crippen MR) is 122 cm³/mol. The van der Waals surface area contributed by atoms with Gasteiger partial charge in [0.05, 0.1) is 6.61 Å². The summed E-state index contributed by atoms with van der Waals surface area (Å²) in [5.74, 6) is 2.02. The van der Waals surface area contributed by atoms with E-state index in [-0.39, 0.29) is 5.78 Å². The molecule has 0 atom stereocenters. The van der Waals surface area contributed by atoms with Gasteiger partial charge in [-0.05, 0) is 66.6 Å². The second-order valence-corrected chi connectivity index (χ2v) is 8.07. The molecule has 0 radical (unpaired) electrons. The lowest BCUT2D eigenvalue weighted by Gasteiger charge is -2.06. The lowest BCUT2D eigenvalue weighted by Crippen LogP contribution is -1.97. The summed E-state index contributed by atoms with van der Waals surface area (Å²) in [5.41, 5.74) is 1.72. The Morgan fingerprint density at radius 2 is 1.61 bits per heavy atom. The molecule has 0 saturated carbocycles. The SMILES string of the molecule is CCCCCCCOc1ccc(C=CC(=O)c2ccc(SCCC)cc2)cc1. The van der Waals surface area contributed by atoms with Crippen LogP contribution in [-0.2, 0) is 0 Å². The number of unbranched alkanes of at least 4 members (excludes halogenated alkanes) is 4. The predicted octanol–water partition coefficient (Wildman–Crippen LogP) is 7.43. The molecular formula is C25H32O2S. The van der Waals surface area contributed by atoms with Crippen molar-refractivity contribution in [2.75, 3.05) is 12.4 Å². The molecule has 0 amide bonds. The molecule has 0 spiro atoms. The summed E-state index contributed by atoms with van der Waals surface area (Å²) >= 11 is 1.82. The molecule has 0 aromatic heterocycles. The highest BCUT2D eigenvalue weighted by atomic mass is 32.2. The molecule has 0 heterocycles. The molecule has 2 nitrogen and oxygen atoms in total. The normalized spacial score (nSPS) is 11.1. The highest BCUT2D eigenvalue weighted by molar-refractivity contribution is 7.99. The van der Waals surface area contributed by atoms with Crippen LogP contribution in [0.3, 0.4) is 0 Å². The Kier molecular flexibility index (Phi) is 10.5. The van der Waals surface area contributed by atoms with Crippen molar-refractivity contribution >= 4 is 23.6 Å². The molecule has 28 heavy (non-hydrogen) atoms. The van der Waals surface area contributed by atoms with E-state index in [4.69, 9.17) is 4.74 Å². The zero-order valence-electron chi connectivity index (χ0n) is 17.2. The van der Waals surface area contributed by atoms with Gasteiger partial charge in [-0.2, -0.15) is 0 Å². The summed E-state index contributed by atoms with van der Waals surface area (Å²) in [5, 5.41) is 0.